The molecule has 1 fully saturated rings. The van der Waals surface area contributed by atoms with Crippen LogP contribution in [0, 0.1) is 11.7 Å². The highest BCUT2D eigenvalue weighted by Gasteiger charge is 2.27. The van der Waals surface area contributed by atoms with Crippen LogP contribution in [0.25, 0.3) is 5.69 Å². The lowest BCUT2D eigenvalue weighted by atomic mass is 9.97. The fraction of sp³-hybridized carbons (Fsp3) is 0.357. The molecule has 2 aromatic rings. The third-order valence-electron chi connectivity index (χ3n) is 3.65. The van der Waals surface area contributed by atoms with E-state index in [0.29, 0.717) is 12.3 Å². The van der Waals surface area contributed by atoms with Crippen molar-refractivity contribution >= 4 is 15.9 Å². The van der Waals surface area contributed by atoms with E-state index in [0.717, 1.165) is 23.2 Å². The van der Waals surface area contributed by atoms with Crippen LogP contribution in [0.15, 0.2) is 35.2 Å². The second kappa shape index (κ2) is 5.63. The van der Waals surface area contributed by atoms with Gasteiger partial charge in [-0.15, -0.1) is 0 Å². The van der Waals surface area contributed by atoms with Gasteiger partial charge in [0, 0.05) is 17.0 Å². The summed E-state index contributed by atoms with van der Waals surface area (Å²) in [5.41, 5.74) is 7.89. The Balaban J connectivity index is 1.99. The van der Waals surface area contributed by atoms with E-state index in [-0.39, 0.29) is 17.8 Å². The number of rotatable bonds is 3. The SMILES string of the molecule is NC(c1cncn1-c1cc(F)ccc1Br)C1CCOC1. The molecule has 0 aliphatic carbocycles. The van der Waals surface area contributed by atoms with E-state index in [9.17, 15) is 4.39 Å². The molecule has 0 saturated carbocycles. The highest BCUT2D eigenvalue weighted by Crippen LogP contribution is 2.30. The van der Waals surface area contributed by atoms with Gasteiger partial charge in [-0.25, -0.2) is 9.37 Å². The molecule has 1 aliphatic heterocycles. The molecule has 3 rings (SSSR count). The van der Waals surface area contributed by atoms with Crippen LogP contribution in [0.2, 0.25) is 0 Å². The minimum atomic E-state index is -0.291. The average Bonchev–Trinajstić information content (AvgIpc) is 3.11. The maximum Gasteiger partial charge on any atom is 0.125 e. The van der Waals surface area contributed by atoms with Crippen molar-refractivity contribution in [2.45, 2.75) is 12.5 Å². The zero-order valence-electron chi connectivity index (χ0n) is 10.8. The summed E-state index contributed by atoms with van der Waals surface area (Å²) < 4.78 is 21.5. The summed E-state index contributed by atoms with van der Waals surface area (Å²) in [6, 6.07) is 4.39. The molecule has 1 aromatic carbocycles. The van der Waals surface area contributed by atoms with E-state index in [4.69, 9.17) is 10.5 Å². The van der Waals surface area contributed by atoms with Crippen molar-refractivity contribution in [1.29, 1.82) is 0 Å². The van der Waals surface area contributed by atoms with Gasteiger partial charge in [-0.2, -0.15) is 0 Å². The Hall–Kier alpha value is -1.24. The topological polar surface area (TPSA) is 53.1 Å². The number of hydrogen-bond donors (Lipinski definition) is 1. The zero-order valence-corrected chi connectivity index (χ0v) is 12.4. The molecule has 0 amide bonds. The van der Waals surface area contributed by atoms with E-state index in [1.165, 1.54) is 12.1 Å². The summed E-state index contributed by atoms with van der Waals surface area (Å²) in [7, 11) is 0. The molecule has 0 bridgehead atoms. The van der Waals surface area contributed by atoms with E-state index >= 15 is 0 Å². The molecule has 1 saturated heterocycles. The highest BCUT2D eigenvalue weighted by molar-refractivity contribution is 9.10. The molecule has 1 aromatic heterocycles. The van der Waals surface area contributed by atoms with Gasteiger partial charge in [-0.1, -0.05) is 0 Å². The van der Waals surface area contributed by atoms with E-state index < -0.39 is 0 Å². The standard InChI is InChI=1S/C14H15BrFN3O/c15-11-2-1-10(16)5-12(11)19-8-18-6-13(19)14(17)9-3-4-20-7-9/h1-2,5-6,8-9,14H,3-4,7,17H2. The maximum atomic E-state index is 13.5. The molecule has 2 N–H and O–H groups in total. The summed E-state index contributed by atoms with van der Waals surface area (Å²) in [6.07, 6.45) is 4.33. The van der Waals surface area contributed by atoms with Crippen molar-refractivity contribution in [3.8, 4) is 5.69 Å². The second-order valence-corrected chi connectivity index (χ2v) is 5.79. The fourth-order valence-electron chi connectivity index (χ4n) is 2.50. The first kappa shape index (κ1) is 13.7. The summed E-state index contributed by atoms with van der Waals surface area (Å²) >= 11 is 3.44. The predicted molar refractivity (Wildman–Crippen MR) is 77.1 cm³/mol. The number of hydrogen-bond acceptors (Lipinski definition) is 3. The van der Waals surface area contributed by atoms with Gasteiger partial charge < -0.3 is 15.0 Å². The quantitative estimate of drug-likeness (QED) is 0.935. The van der Waals surface area contributed by atoms with Gasteiger partial charge in [0.25, 0.3) is 0 Å². The number of benzene rings is 1. The molecule has 106 valence electrons. The molecule has 4 nitrogen and oxygen atoms in total. The number of nitrogens with two attached hydrogens (primary N) is 1. The third kappa shape index (κ3) is 2.51. The van der Waals surface area contributed by atoms with Gasteiger partial charge in [-0.05, 0) is 40.5 Å². The molecular weight excluding hydrogens is 325 g/mol. The van der Waals surface area contributed by atoms with E-state index in [1.807, 2.05) is 4.57 Å². The van der Waals surface area contributed by atoms with Crippen LogP contribution in [0.4, 0.5) is 4.39 Å². The van der Waals surface area contributed by atoms with Crippen molar-refractivity contribution in [3.05, 3.63) is 46.7 Å². The Labute approximate surface area is 124 Å². The van der Waals surface area contributed by atoms with Gasteiger partial charge in [0.2, 0.25) is 0 Å². The van der Waals surface area contributed by atoms with E-state index in [1.54, 1.807) is 18.6 Å². The van der Waals surface area contributed by atoms with Crippen molar-refractivity contribution < 1.29 is 9.13 Å². The van der Waals surface area contributed by atoms with E-state index in [2.05, 4.69) is 20.9 Å². The van der Waals surface area contributed by atoms with Crippen LogP contribution in [0.3, 0.4) is 0 Å². The predicted octanol–water partition coefficient (Wildman–Crippen LogP) is 2.81. The summed E-state index contributed by atoms with van der Waals surface area (Å²) in [4.78, 5) is 4.16. The lowest BCUT2D eigenvalue weighted by Crippen LogP contribution is -2.24. The van der Waals surface area contributed by atoms with Crippen LogP contribution in [0.1, 0.15) is 18.2 Å². The molecule has 1 aliphatic rings. The minimum Gasteiger partial charge on any atom is -0.381 e. The summed E-state index contributed by atoms with van der Waals surface area (Å²) in [5, 5.41) is 0. The monoisotopic (exact) mass is 339 g/mol. The van der Waals surface area contributed by atoms with Crippen molar-refractivity contribution in [3.63, 3.8) is 0 Å². The fourth-order valence-corrected chi connectivity index (χ4v) is 2.94. The first-order valence-electron chi connectivity index (χ1n) is 6.48. The summed E-state index contributed by atoms with van der Waals surface area (Å²) in [5.74, 6) is -0.0154. The molecular formula is C14H15BrFN3O. The normalized spacial score (nSPS) is 20.2. The lowest BCUT2D eigenvalue weighted by Gasteiger charge is -2.20. The van der Waals surface area contributed by atoms with Crippen LogP contribution in [-0.2, 0) is 4.74 Å². The molecule has 6 heteroatoms. The van der Waals surface area contributed by atoms with Gasteiger partial charge >= 0.3 is 0 Å². The number of ether oxygens (including phenoxy) is 1. The highest BCUT2D eigenvalue weighted by atomic mass is 79.9. The Bertz CT molecular complexity index is 610. The molecule has 2 atom stereocenters. The van der Waals surface area contributed by atoms with Gasteiger partial charge in [0.05, 0.1) is 36.6 Å². The zero-order chi connectivity index (χ0) is 14.1. The molecule has 20 heavy (non-hydrogen) atoms. The first-order valence-corrected chi connectivity index (χ1v) is 7.27. The van der Waals surface area contributed by atoms with Crippen LogP contribution in [0.5, 0.6) is 0 Å². The molecule has 0 spiro atoms. The van der Waals surface area contributed by atoms with Crippen molar-refractivity contribution in [2.75, 3.05) is 13.2 Å². The number of halogens is 2. The third-order valence-corrected chi connectivity index (χ3v) is 4.32. The summed E-state index contributed by atoms with van der Waals surface area (Å²) in [6.45, 7) is 1.41. The Kier molecular flexibility index (Phi) is 3.87. The first-order chi connectivity index (χ1) is 9.66. The number of aromatic nitrogens is 2. The van der Waals surface area contributed by atoms with Crippen LogP contribution < -0.4 is 5.73 Å². The Morgan fingerprint density at radius 2 is 2.35 bits per heavy atom. The van der Waals surface area contributed by atoms with Crippen LogP contribution in [-0.4, -0.2) is 22.8 Å². The van der Waals surface area contributed by atoms with Crippen molar-refractivity contribution in [1.82, 2.24) is 9.55 Å². The van der Waals surface area contributed by atoms with Crippen molar-refractivity contribution in [2.24, 2.45) is 11.7 Å². The van der Waals surface area contributed by atoms with Gasteiger partial charge in [0.15, 0.2) is 0 Å². The van der Waals surface area contributed by atoms with Crippen LogP contribution >= 0.6 is 15.9 Å². The maximum absolute atomic E-state index is 13.5. The Morgan fingerprint density at radius 3 is 3.10 bits per heavy atom. The smallest absolute Gasteiger partial charge is 0.125 e. The lowest BCUT2D eigenvalue weighted by molar-refractivity contribution is 0.180. The van der Waals surface area contributed by atoms with Gasteiger partial charge in [-0.3, -0.25) is 0 Å². The van der Waals surface area contributed by atoms with Gasteiger partial charge in [0.1, 0.15) is 5.82 Å². The average molecular weight is 340 g/mol. The Morgan fingerprint density at radius 1 is 1.50 bits per heavy atom. The molecule has 2 heterocycles. The molecule has 2 unspecified atom stereocenters. The minimum absolute atomic E-state index is 0.171. The number of nitrogens with zero attached hydrogens (tertiary/aromatic N) is 2. The largest absolute Gasteiger partial charge is 0.381 e. The molecule has 0 radical (unpaired) electrons. The number of imidazole rings is 1. The second-order valence-electron chi connectivity index (χ2n) is 4.93.